The Morgan fingerprint density at radius 2 is 1.59 bits per heavy atom. The lowest BCUT2D eigenvalue weighted by Crippen LogP contribution is -2.57. The van der Waals surface area contributed by atoms with Gasteiger partial charge in [-0.05, 0) is 43.9 Å². The van der Waals surface area contributed by atoms with Crippen molar-refractivity contribution in [1.82, 2.24) is 10.2 Å². The number of carbonyl (C=O) groups is 4. The molecule has 41 heavy (non-hydrogen) atoms. The number of anilines is 1. The highest BCUT2D eigenvalue weighted by Gasteiger charge is 2.58. The van der Waals surface area contributed by atoms with Gasteiger partial charge in [0.1, 0.15) is 24.3 Å². The molecule has 2 aliphatic heterocycles. The van der Waals surface area contributed by atoms with Crippen molar-refractivity contribution in [1.29, 1.82) is 0 Å². The molecule has 220 valence electrons. The van der Waals surface area contributed by atoms with E-state index in [1.807, 2.05) is 69.3 Å². The Morgan fingerprint density at radius 1 is 0.976 bits per heavy atom. The first kappa shape index (κ1) is 29.9. The number of carbonyl (C=O) groups excluding carboxylic acids is 4. The number of nitrogens with one attached hydrogen (secondary N) is 1. The molecule has 2 aromatic carbocycles. The number of benzene rings is 2. The second kappa shape index (κ2) is 11.4. The number of ether oxygens (including phenoxy) is 3. The van der Waals surface area contributed by atoms with Crippen molar-refractivity contribution in [3.8, 4) is 0 Å². The van der Waals surface area contributed by atoms with Crippen molar-refractivity contribution < 1.29 is 33.4 Å². The number of esters is 1. The Morgan fingerprint density at radius 3 is 2.17 bits per heavy atom. The van der Waals surface area contributed by atoms with Gasteiger partial charge in [0.15, 0.2) is 5.60 Å². The number of amides is 3. The summed E-state index contributed by atoms with van der Waals surface area (Å²) in [5, 5.41) is 2.71. The van der Waals surface area contributed by atoms with Gasteiger partial charge in [0.2, 0.25) is 5.91 Å². The van der Waals surface area contributed by atoms with E-state index in [1.165, 1.54) is 9.80 Å². The van der Waals surface area contributed by atoms with Crippen LogP contribution in [0.1, 0.15) is 53.5 Å². The van der Waals surface area contributed by atoms with E-state index >= 15 is 0 Å². The molecular formula is C31H39N3O7. The normalized spacial score (nSPS) is 21.4. The van der Waals surface area contributed by atoms with Crippen LogP contribution in [0.15, 0.2) is 60.7 Å². The maximum atomic E-state index is 14.1. The SMILES string of the molecule is CC(C)(C)OC(=O)[C@@H]1C[C@@]2(CN(c3ccccc3)C(=O)O2)CN1C(=O)[C@@H](NC(=O)OCc1ccccc1)C(C)(C)C. The molecule has 0 saturated carbocycles. The number of hydrogen-bond acceptors (Lipinski definition) is 7. The second-order valence-corrected chi connectivity index (χ2v) is 12.7. The third kappa shape index (κ3) is 7.17. The van der Waals surface area contributed by atoms with Crippen LogP contribution in [0.3, 0.4) is 0 Å². The van der Waals surface area contributed by atoms with Crippen molar-refractivity contribution in [2.24, 2.45) is 5.41 Å². The van der Waals surface area contributed by atoms with E-state index in [2.05, 4.69) is 5.32 Å². The number of nitrogens with zero attached hydrogens (tertiary/aromatic N) is 2. The summed E-state index contributed by atoms with van der Waals surface area (Å²) in [6.45, 7) is 10.8. The molecule has 1 N–H and O–H groups in total. The summed E-state index contributed by atoms with van der Waals surface area (Å²) in [7, 11) is 0. The molecular weight excluding hydrogens is 526 g/mol. The molecule has 0 aliphatic carbocycles. The molecule has 2 aliphatic rings. The zero-order chi connectivity index (χ0) is 30.0. The Kier molecular flexibility index (Phi) is 8.33. The van der Waals surface area contributed by atoms with Gasteiger partial charge in [-0.1, -0.05) is 69.3 Å². The van der Waals surface area contributed by atoms with Crippen LogP contribution in [0.5, 0.6) is 0 Å². The first-order valence-electron chi connectivity index (χ1n) is 13.7. The van der Waals surface area contributed by atoms with E-state index in [1.54, 1.807) is 32.9 Å². The molecule has 2 fully saturated rings. The van der Waals surface area contributed by atoms with Gasteiger partial charge in [-0.2, -0.15) is 0 Å². The maximum Gasteiger partial charge on any atom is 0.415 e. The van der Waals surface area contributed by atoms with Gasteiger partial charge in [0, 0.05) is 12.1 Å². The molecule has 0 radical (unpaired) electrons. The van der Waals surface area contributed by atoms with E-state index in [-0.39, 0.29) is 26.1 Å². The van der Waals surface area contributed by atoms with E-state index in [4.69, 9.17) is 14.2 Å². The minimum Gasteiger partial charge on any atom is -0.458 e. The fraction of sp³-hybridized carbons (Fsp3) is 0.484. The van der Waals surface area contributed by atoms with Crippen LogP contribution in [-0.4, -0.2) is 65.3 Å². The summed E-state index contributed by atoms with van der Waals surface area (Å²) >= 11 is 0. The Bertz CT molecular complexity index is 1270. The molecule has 10 nitrogen and oxygen atoms in total. The minimum absolute atomic E-state index is 0.0296. The average Bonchev–Trinajstić information content (AvgIpc) is 3.44. The monoisotopic (exact) mass is 565 g/mol. The average molecular weight is 566 g/mol. The number of para-hydroxylation sites is 1. The molecule has 10 heteroatoms. The summed E-state index contributed by atoms with van der Waals surface area (Å²) in [6.07, 6.45) is -1.24. The number of hydrogen-bond donors (Lipinski definition) is 1. The van der Waals surface area contributed by atoms with Crippen LogP contribution < -0.4 is 10.2 Å². The summed E-state index contributed by atoms with van der Waals surface area (Å²) in [5.41, 5.74) is -1.20. The van der Waals surface area contributed by atoms with E-state index in [9.17, 15) is 19.2 Å². The lowest BCUT2D eigenvalue weighted by atomic mass is 9.85. The molecule has 2 aromatic rings. The van der Waals surface area contributed by atoms with Crippen LogP contribution in [0.2, 0.25) is 0 Å². The highest BCUT2D eigenvalue weighted by molar-refractivity contribution is 5.93. The number of likely N-dealkylation sites (tertiary alicyclic amines) is 1. The van der Waals surface area contributed by atoms with Crippen LogP contribution in [0, 0.1) is 5.41 Å². The molecule has 0 unspecified atom stereocenters. The third-order valence-corrected chi connectivity index (χ3v) is 6.99. The maximum absolute atomic E-state index is 14.1. The van der Waals surface area contributed by atoms with Gasteiger partial charge in [0.05, 0.1) is 13.1 Å². The van der Waals surface area contributed by atoms with E-state index in [0.717, 1.165) is 5.56 Å². The quantitative estimate of drug-likeness (QED) is 0.400. The molecule has 1 spiro atoms. The molecule has 2 saturated heterocycles. The number of rotatable bonds is 6. The van der Waals surface area contributed by atoms with Gasteiger partial charge in [-0.25, -0.2) is 14.4 Å². The zero-order valence-electron chi connectivity index (χ0n) is 24.5. The highest BCUT2D eigenvalue weighted by atomic mass is 16.6. The Hall–Kier alpha value is -4.08. The van der Waals surface area contributed by atoms with Crippen LogP contribution in [0.4, 0.5) is 15.3 Å². The lowest BCUT2D eigenvalue weighted by molar-refractivity contribution is -0.164. The van der Waals surface area contributed by atoms with E-state index < -0.39 is 52.8 Å². The van der Waals surface area contributed by atoms with Crippen LogP contribution in [0.25, 0.3) is 0 Å². The number of alkyl carbamates (subject to hydrolysis) is 1. The first-order valence-corrected chi connectivity index (χ1v) is 13.7. The predicted molar refractivity (Wildman–Crippen MR) is 152 cm³/mol. The van der Waals surface area contributed by atoms with Crippen molar-refractivity contribution >= 4 is 29.8 Å². The lowest BCUT2D eigenvalue weighted by Gasteiger charge is -2.35. The molecule has 0 aromatic heterocycles. The Balaban J connectivity index is 1.57. The molecule has 0 bridgehead atoms. The highest BCUT2D eigenvalue weighted by Crippen LogP contribution is 2.40. The summed E-state index contributed by atoms with van der Waals surface area (Å²) < 4.78 is 16.9. The smallest absolute Gasteiger partial charge is 0.415 e. The fourth-order valence-corrected chi connectivity index (χ4v) is 5.08. The molecule has 3 amide bonds. The second-order valence-electron chi connectivity index (χ2n) is 12.7. The largest absolute Gasteiger partial charge is 0.458 e. The van der Waals surface area contributed by atoms with Gasteiger partial charge < -0.3 is 24.4 Å². The summed E-state index contributed by atoms with van der Waals surface area (Å²) in [4.78, 5) is 56.2. The minimum atomic E-state index is -1.12. The predicted octanol–water partition coefficient (Wildman–Crippen LogP) is 4.67. The van der Waals surface area contributed by atoms with Crippen molar-refractivity contribution in [2.45, 2.75) is 77.9 Å². The standard InChI is InChI=1S/C31H39N3O7/c1-29(2,3)24(32-27(37)39-18-21-13-9-7-10-14-21)25(35)34-20-31(17-23(34)26(36)40-30(4,5)6)19-33(28(38)41-31)22-15-11-8-12-16-22/h7-16,23-24H,17-20H2,1-6H3,(H,32,37)/t23-,24+,31+/m0/s1. The first-order chi connectivity index (χ1) is 19.2. The zero-order valence-corrected chi connectivity index (χ0v) is 24.5. The van der Waals surface area contributed by atoms with Gasteiger partial charge in [-0.15, -0.1) is 0 Å². The van der Waals surface area contributed by atoms with Crippen LogP contribution in [-0.2, 0) is 30.4 Å². The van der Waals surface area contributed by atoms with Crippen LogP contribution >= 0.6 is 0 Å². The van der Waals surface area contributed by atoms with Crippen molar-refractivity contribution in [3.05, 3.63) is 66.2 Å². The fourth-order valence-electron chi connectivity index (χ4n) is 5.08. The van der Waals surface area contributed by atoms with Crippen molar-refractivity contribution in [3.63, 3.8) is 0 Å². The summed E-state index contributed by atoms with van der Waals surface area (Å²) in [5.74, 6) is -1.09. The van der Waals surface area contributed by atoms with Gasteiger partial charge in [0.25, 0.3) is 0 Å². The van der Waals surface area contributed by atoms with E-state index in [0.29, 0.717) is 5.69 Å². The topological polar surface area (TPSA) is 114 Å². The van der Waals surface area contributed by atoms with Gasteiger partial charge in [-0.3, -0.25) is 9.69 Å². The summed E-state index contributed by atoms with van der Waals surface area (Å²) in [6, 6.07) is 16.2. The third-order valence-electron chi connectivity index (χ3n) is 6.99. The molecule has 3 atom stereocenters. The Labute approximate surface area is 240 Å². The van der Waals surface area contributed by atoms with Crippen molar-refractivity contribution in [2.75, 3.05) is 18.0 Å². The molecule has 2 heterocycles. The molecule has 4 rings (SSSR count). The van der Waals surface area contributed by atoms with Gasteiger partial charge >= 0.3 is 18.2 Å².